The molecule has 0 bridgehead atoms. The maximum absolute atomic E-state index is 12.4. The summed E-state index contributed by atoms with van der Waals surface area (Å²) in [4.78, 5) is 13.9. The summed E-state index contributed by atoms with van der Waals surface area (Å²) in [6.45, 7) is 2.35. The number of hydrogen-bond donors (Lipinski definition) is 1. The van der Waals surface area contributed by atoms with Gasteiger partial charge in [0.15, 0.2) is 5.82 Å². The second-order valence-corrected chi connectivity index (χ2v) is 6.91. The first-order valence-corrected chi connectivity index (χ1v) is 9.12. The molecule has 1 amide bonds. The van der Waals surface area contributed by atoms with Crippen LogP contribution in [0, 0.1) is 18.3 Å². The Bertz CT molecular complexity index is 1250. The Morgan fingerprint density at radius 2 is 1.97 bits per heavy atom. The number of benzene rings is 2. The summed E-state index contributed by atoms with van der Waals surface area (Å²) in [5.41, 5.74) is 4.48. The second kappa shape index (κ2) is 7.56. The van der Waals surface area contributed by atoms with E-state index in [0.717, 1.165) is 27.6 Å². The Hall–Kier alpha value is -3.99. The van der Waals surface area contributed by atoms with Crippen LogP contribution >= 0.6 is 0 Å². The van der Waals surface area contributed by atoms with Gasteiger partial charge in [-0.3, -0.25) is 9.48 Å². The minimum absolute atomic E-state index is 0.158. The van der Waals surface area contributed by atoms with Crippen LogP contribution < -0.4 is 5.32 Å². The number of amides is 1. The van der Waals surface area contributed by atoms with E-state index in [1.54, 1.807) is 16.9 Å². The number of anilines is 1. The minimum Gasteiger partial charge on any atom is -0.308 e. The molecule has 144 valence electrons. The van der Waals surface area contributed by atoms with Crippen LogP contribution in [0.2, 0.25) is 0 Å². The van der Waals surface area contributed by atoms with Crippen molar-refractivity contribution >= 4 is 22.6 Å². The zero-order valence-electron chi connectivity index (χ0n) is 16.1. The average molecular weight is 385 g/mol. The summed E-state index contributed by atoms with van der Waals surface area (Å²) in [7, 11) is 1.89. The Kier molecular flexibility index (Phi) is 4.79. The third-order valence-electron chi connectivity index (χ3n) is 4.71. The normalized spacial score (nSPS) is 10.8. The van der Waals surface area contributed by atoms with Gasteiger partial charge in [-0.05, 0) is 41.8 Å². The second-order valence-electron chi connectivity index (χ2n) is 6.91. The molecule has 8 nitrogen and oxygen atoms in total. The van der Waals surface area contributed by atoms with E-state index < -0.39 is 0 Å². The number of carbonyl (C=O) groups excluding carboxylic acids is 1. The topological polar surface area (TPSA) is 101 Å². The SMILES string of the molecule is Cc1cc(Cn2ncc(NC(=O)Cc3ccc4c(cnn4C)c3)n2)ccc1C#N. The monoisotopic (exact) mass is 385 g/mol. The summed E-state index contributed by atoms with van der Waals surface area (Å²) < 4.78 is 1.80. The van der Waals surface area contributed by atoms with Crippen LogP contribution in [0.1, 0.15) is 22.3 Å². The standard InChI is InChI=1S/C21H19N7O/c1-14-7-16(3-5-17(14)10-22)13-28-24-12-20(26-28)25-21(29)9-15-4-6-19-18(8-15)11-23-27(19)2/h3-8,11-12H,9,13H2,1-2H3,(H,25,26,29). The minimum atomic E-state index is -0.158. The van der Waals surface area contributed by atoms with Crippen LogP contribution in [-0.2, 0) is 24.8 Å². The Morgan fingerprint density at radius 1 is 1.14 bits per heavy atom. The molecule has 0 aliphatic carbocycles. The van der Waals surface area contributed by atoms with Crippen LogP contribution in [0.4, 0.5) is 5.82 Å². The lowest BCUT2D eigenvalue weighted by molar-refractivity contribution is -0.115. The predicted octanol–water partition coefficient (Wildman–Crippen LogP) is 2.57. The van der Waals surface area contributed by atoms with Gasteiger partial charge in [-0.1, -0.05) is 18.2 Å². The van der Waals surface area contributed by atoms with Gasteiger partial charge in [-0.2, -0.15) is 20.3 Å². The number of carbonyl (C=O) groups is 1. The fourth-order valence-electron chi connectivity index (χ4n) is 3.24. The number of fused-ring (bicyclic) bond motifs is 1. The molecule has 0 radical (unpaired) electrons. The first-order chi connectivity index (χ1) is 14.0. The molecule has 2 aromatic carbocycles. The Balaban J connectivity index is 1.39. The summed E-state index contributed by atoms with van der Waals surface area (Å²) in [6.07, 6.45) is 3.55. The van der Waals surface area contributed by atoms with Crippen molar-refractivity contribution in [1.29, 1.82) is 5.26 Å². The predicted molar refractivity (Wildman–Crippen MR) is 108 cm³/mol. The molecule has 0 aliphatic rings. The van der Waals surface area contributed by atoms with E-state index in [0.29, 0.717) is 17.9 Å². The lowest BCUT2D eigenvalue weighted by Crippen LogP contribution is -2.15. The molecule has 0 unspecified atom stereocenters. The van der Waals surface area contributed by atoms with Gasteiger partial charge in [-0.25, -0.2) is 0 Å². The maximum Gasteiger partial charge on any atom is 0.230 e. The van der Waals surface area contributed by atoms with Crippen molar-refractivity contribution in [3.63, 3.8) is 0 Å². The van der Waals surface area contributed by atoms with Crippen LogP contribution in [-0.4, -0.2) is 30.7 Å². The van der Waals surface area contributed by atoms with Gasteiger partial charge in [0.1, 0.15) is 0 Å². The number of nitrogens with one attached hydrogen (secondary N) is 1. The van der Waals surface area contributed by atoms with E-state index in [1.807, 2.05) is 44.3 Å². The molecule has 0 atom stereocenters. The van der Waals surface area contributed by atoms with Crippen LogP contribution in [0.15, 0.2) is 48.8 Å². The third kappa shape index (κ3) is 3.99. The number of aryl methyl sites for hydroxylation is 2. The molecule has 0 fully saturated rings. The van der Waals surface area contributed by atoms with Crippen molar-refractivity contribution in [3.8, 4) is 6.07 Å². The quantitative estimate of drug-likeness (QED) is 0.569. The van der Waals surface area contributed by atoms with Gasteiger partial charge in [-0.15, -0.1) is 5.10 Å². The molecule has 2 aromatic heterocycles. The van der Waals surface area contributed by atoms with E-state index in [4.69, 9.17) is 5.26 Å². The number of nitriles is 1. The van der Waals surface area contributed by atoms with E-state index in [-0.39, 0.29) is 12.3 Å². The lowest BCUT2D eigenvalue weighted by Gasteiger charge is -2.04. The summed E-state index contributed by atoms with van der Waals surface area (Å²) in [6, 6.07) is 13.6. The maximum atomic E-state index is 12.4. The molecule has 4 rings (SSSR count). The number of nitrogens with zero attached hydrogens (tertiary/aromatic N) is 6. The van der Waals surface area contributed by atoms with E-state index in [2.05, 4.69) is 26.7 Å². The average Bonchev–Trinajstić information content (AvgIpc) is 3.28. The Labute approximate surface area is 167 Å². The van der Waals surface area contributed by atoms with Crippen LogP contribution in [0.25, 0.3) is 10.9 Å². The van der Waals surface area contributed by atoms with Crippen molar-refractivity contribution in [3.05, 3.63) is 71.0 Å². The number of hydrogen-bond acceptors (Lipinski definition) is 5. The van der Waals surface area contributed by atoms with Gasteiger partial charge in [0, 0.05) is 12.4 Å². The van der Waals surface area contributed by atoms with Crippen molar-refractivity contribution in [2.45, 2.75) is 19.9 Å². The number of aromatic nitrogens is 5. The molecule has 8 heteroatoms. The molecule has 29 heavy (non-hydrogen) atoms. The summed E-state index contributed by atoms with van der Waals surface area (Å²) in [5, 5.41) is 25.5. The fraction of sp³-hybridized carbons (Fsp3) is 0.190. The molecule has 0 spiro atoms. The smallest absolute Gasteiger partial charge is 0.230 e. The highest BCUT2D eigenvalue weighted by atomic mass is 16.1. The molecular formula is C21H19N7O. The summed E-state index contributed by atoms with van der Waals surface area (Å²) >= 11 is 0. The first kappa shape index (κ1) is 18.4. The molecular weight excluding hydrogens is 366 g/mol. The highest BCUT2D eigenvalue weighted by Gasteiger charge is 2.09. The number of rotatable bonds is 5. The van der Waals surface area contributed by atoms with Gasteiger partial charge in [0.25, 0.3) is 0 Å². The molecule has 0 saturated carbocycles. The van der Waals surface area contributed by atoms with E-state index in [9.17, 15) is 4.79 Å². The van der Waals surface area contributed by atoms with Crippen molar-refractivity contribution in [1.82, 2.24) is 24.8 Å². The largest absolute Gasteiger partial charge is 0.308 e. The summed E-state index contributed by atoms with van der Waals surface area (Å²) in [5.74, 6) is 0.248. The van der Waals surface area contributed by atoms with Gasteiger partial charge in [0.05, 0.1) is 42.5 Å². The molecule has 1 N–H and O–H groups in total. The van der Waals surface area contributed by atoms with E-state index >= 15 is 0 Å². The van der Waals surface area contributed by atoms with Gasteiger partial charge < -0.3 is 5.32 Å². The van der Waals surface area contributed by atoms with Crippen LogP contribution in [0.5, 0.6) is 0 Å². The van der Waals surface area contributed by atoms with Gasteiger partial charge >= 0.3 is 0 Å². The molecule has 4 aromatic rings. The molecule has 0 aliphatic heterocycles. The molecule has 2 heterocycles. The fourth-order valence-corrected chi connectivity index (χ4v) is 3.24. The van der Waals surface area contributed by atoms with E-state index in [1.165, 1.54) is 11.0 Å². The highest BCUT2D eigenvalue weighted by molar-refractivity contribution is 5.92. The lowest BCUT2D eigenvalue weighted by atomic mass is 10.1. The van der Waals surface area contributed by atoms with Crippen LogP contribution in [0.3, 0.4) is 0 Å². The Morgan fingerprint density at radius 3 is 2.76 bits per heavy atom. The zero-order valence-corrected chi connectivity index (χ0v) is 16.1. The van der Waals surface area contributed by atoms with Gasteiger partial charge in [0.2, 0.25) is 5.91 Å². The van der Waals surface area contributed by atoms with Crippen molar-refractivity contribution < 1.29 is 4.79 Å². The van der Waals surface area contributed by atoms with Crippen molar-refractivity contribution in [2.24, 2.45) is 7.05 Å². The third-order valence-corrected chi connectivity index (χ3v) is 4.71. The highest BCUT2D eigenvalue weighted by Crippen LogP contribution is 2.16. The van der Waals surface area contributed by atoms with Crippen molar-refractivity contribution in [2.75, 3.05) is 5.32 Å². The first-order valence-electron chi connectivity index (χ1n) is 9.12. The zero-order chi connectivity index (χ0) is 20.4. The molecule has 0 saturated heterocycles.